The van der Waals surface area contributed by atoms with Gasteiger partial charge in [-0.1, -0.05) is 0 Å². The van der Waals surface area contributed by atoms with Crippen LogP contribution in [0.3, 0.4) is 0 Å². The fraction of sp³-hybridized carbons (Fsp3) is 0.917. The van der Waals surface area contributed by atoms with Crippen molar-refractivity contribution in [1.29, 1.82) is 0 Å². The summed E-state index contributed by atoms with van der Waals surface area (Å²) in [5, 5.41) is 0. The summed E-state index contributed by atoms with van der Waals surface area (Å²) >= 11 is 0. The molecular weight excluding hydrogens is 238 g/mol. The van der Waals surface area contributed by atoms with Crippen LogP contribution in [-0.4, -0.2) is 55.0 Å². The van der Waals surface area contributed by atoms with Gasteiger partial charge in [-0.05, 0) is 39.8 Å². The van der Waals surface area contributed by atoms with Crippen LogP contribution in [-0.2, 0) is 4.79 Å². The molecule has 17 heavy (non-hydrogen) atoms. The van der Waals surface area contributed by atoms with E-state index < -0.39 is 0 Å². The lowest BCUT2D eigenvalue weighted by Crippen LogP contribution is -2.44. The van der Waals surface area contributed by atoms with Crippen molar-refractivity contribution in [2.75, 3.05) is 33.2 Å². The number of amides is 1. The predicted octanol–water partition coefficient (Wildman–Crippen LogP) is 0.946. The Kier molecular flexibility index (Phi) is 7.75. The highest BCUT2D eigenvalue weighted by Crippen LogP contribution is 2.19. The van der Waals surface area contributed by atoms with Gasteiger partial charge in [0.2, 0.25) is 5.91 Å². The van der Waals surface area contributed by atoms with Gasteiger partial charge in [-0.3, -0.25) is 4.79 Å². The van der Waals surface area contributed by atoms with Crippen LogP contribution in [0.4, 0.5) is 0 Å². The number of nitrogens with zero attached hydrogens (tertiary/aromatic N) is 2. The zero-order valence-corrected chi connectivity index (χ0v) is 12.0. The second kappa shape index (κ2) is 7.90. The average Bonchev–Trinajstić information content (AvgIpc) is 2.28. The van der Waals surface area contributed by atoms with E-state index in [1.54, 1.807) is 0 Å². The Morgan fingerprint density at radius 1 is 1.41 bits per heavy atom. The number of nitrogens with two attached hydrogens (primary N) is 1. The number of hydrogen-bond donors (Lipinski definition) is 1. The number of halogens is 1. The molecule has 5 heteroatoms. The second-order valence-electron chi connectivity index (χ2n) is 4.95. The van der Waals surface area contributed by atoms with Gasteiger partial charge in [-0.15, -0.1) is 12.4 Å². The maximum atomic E-state index is 12.1. The quantitative estimate of drug-likeness (QED) is 0.822. The fourth-order valence-corrected chi connectivity index (χ4v) is 2.13. The molecule has 1 heterocycles. The smallest absolute Gasteiger partial charge is 0.225 e. The monoisotopic (exact) mass is 263 g/mol. The molecule has 4 nitrogen and oxygen atoms in total. The van der Waals surface area contributed by atoms with Crippen molar-refractivity contribution in [3.05, 3.63) is 0 Å². The number of hydrogen-bond acceptors (Lipinski definition) is 3. The van der Waals surface area contributed by atoms with E-state index in [4.69, 9.17) is 5.73 Å². The van der Waals surface area contributed by atoms with Gasteiger partial charge in [0.25, 0.3) is 0 Å². The van der Waals surface area contributed by atoms with Gasteiger partial charge in [0.1, 0.15) is 0 Å². The third kappa shape index (κ3) is 4.82. The SMILES string of the molecule is CC(C)N(C)C(=O)C1CCN(CCN)CC1.Cl. The van der Waals surface area contributed by atoms with E-state index in [0.29, 0.717) is 18.5 Å². The normalized spacial score (nSPS) is 17.9. The van der Waals surface area contributed by atoms with Gasteiger partial charge in [0.15, 0.2) is 0 Å². The lowest BCUT2D eigenvalue weighted by molar-refractivity contribution is -0.137. The molecule has 0 bridgehead atoms. The minimum atomic E-state index is 0. The van der Waals surface area contributed by atoms with E-state index in [2.05, 4.69) is 18.7 Å². The summed E-state index contributed by atoms with van der Waals surface area (Å²) in [5.41, 5.74) is 5.52. The summed E-state index contributed by atoms with van der Waals surface area (Å²) in [5.74, 6) is 0.531. The van der Waals surface area contributed by atoms with Crippen LogP contribution >= 0.6 is 12.4 Å². The molecule has 0 unspecified atom stereocenters. The zero-order valence-electron chi connectivity index (χ0n) is 11.2. The van der Waals surface area contributed by atoms with Crippen molar-refractivity contribution < 1.29 is 4.79 Å². The van der Waals surface area contributed by atoms with Gasteiger partial charge in [0, 0.05) is 32.1 Å². The van der Waals surface area contributed by atoms with Crippen molar-refractivity contribution in [3.8, 4) is 0 Å². The van der Waals surface area contributed by atoms with Crippen LogP contribution in [0.5, 0.6) is 0 Å². The largest absolute Gasteiger partial charge is 0.343 e. The Balaban J connectivity index is 0.00000256. The molecule has 1 saturated heterocycles. The van der Waals surface area contributed by atoms with E-state index in [-0.39, 0.29) is 18.3 Å². The number of rotatable bonds is 4. The summed E-state index contributed by atoms with van der Waals surface area (Å²) < 4.78 is 0. The van der Waals surface area contributed by atoms with Crippen molar-refractivity contribution in [2.24, 2.45) is 11.7 Å². The van der Waals surface area contributed by atoms with Crippen LogP contribution in [0.25, 0.3) is 0 Å². The van der Waals surface area contributed by atoms with Crippen LogP contribution in [0.1, 0.15) is 26.7 Å². The molecule has 0 radical (unpaired) electrons. The summed E-state index contributed by atoms with van der Waals surface area (Å²) in [6.45, 7) is 7.81. The first kappa shape index (κ1) is 16.7. The molecule has 0 aliphatic carbocycles. The topological polar surface area (TPSA) is 49.6 Å². The zero-order chi connectivity index (χ0) is 12.1. The van der Waals surface area contributed by atoms with Gasteiger partial charge in [-0.25, -0.2) is 0 Å². The molecular formula is C12H26ClN3O. The van der Waals surface area contributed by atoms with E-state index >= 15 is 0 Å². The van der Waals surface area contributed by atoms with Gasteiger partial charge < -0.3 is 15.5 Å². The van der Waals surface area contributed by atoms with E-state index in [1.807, 2.05) is 11.9 Å². The third-order valence-electron chi connectivity index (χ3n) is 3.50. The Morgan fingerprint density at radius 3 is 2.35 bits per heavy atom. The minimum absolute atomic E-state index is 0. The van der Waals surface area contributed by atoms with Crippen molar-refractivity contribution in [1.82, 2.24) is 9.80 Å². The number of piperidine rings is 1. The summed E-state index contributed by atoms with van der Waals surface area (Å²) in [7, 11) is 1.90. The maximum absolute atomic E-state index is 12.1. The van der Waals surface area contributed by atoms with Crippen LogP contribution in [0.2, 0.25) is 0 Å². The number of likely N-dealkylation sites (tertiary alicyclic amines) is 1. The maximum Gasteiger partial charge on any atom is 0.225 e. The molecule has 102 valence electrons. The van der Waals surface area contributed by atoms with E-state index in [9.17, 15) is 4.79 Å². The molecule has 0 aromatic rings. The van der Waals surface area contributed by atoms with Crippen molar-refractivity contribution in [3.63, 3.8) is 0 Å². The van der Waals surface area contributed by atoms with Crippen LogP contribution < -0.4 is 5.73 Å². The van der Waals surface area contributed by atoms with Crippen molar-refractivity contribution in [2.45, 2.75) is 32.7 Å². The molecule has 1 aliphatic rings. The summed E-state index contributed by atoms with van der Waals surface area (Å²) in [6, 6.07) is 0.301. The average molecular weight is 264 g/mol. The van der Waals surface area contributed by atoms with Crippen LogP contribution in [0, 0.1) is 5.92 Å². The van der Waals surface area contributed by atoms with Gasteiger partial charge >= 0.3 is 0 Å². The first-order chi connectivity index (χ1) is 7.56. The van der Waals surface area contributed by atoms with E-state index in [0.717, 1.165) is 32.5 Å². The molecule has 0 aromatic carbocycles. The fourth-order valence-electron chi connectivity index (χ4n) is 2.13. The van der Waals surface area contributed by atoms with Gasteiger partial charge in [-0.2, -0.15) is 0 Å². The third-order valence-corrected chi connectivity index (χ3v) is 3.50. The standard InChI is InChI=1S/C12H25N3O.ClH/c1-10(2)14(3)12(16)11-4-7-15(8-5-11)9-6-13;/h10-11H,4-9,13H2,1-3H3;1H. The first-order valence-electron chi connectivity index (χ1n) is 6.25. The lowest BCUT2D eigenvalue weighted by Gasteiger charge is -2.34. The summed E-state index contributed by atoms with van der Waals surface area (Å²) in [4.78, 5) is 16.3. The second-order valence-corrected chi connectivity index (χ2v) is 4.95. The van der Waals surface area contributed by atoms with E-state index in [1.165, 1.54) is 0 Å². The Morgan fingerprint density at radius 2 is 1.94 bits per heavy atom. The molecule has 1 aliphatic heterocycles. The number of carbonyl (C=O) groups is 1. The predicted molar refractivity (Wildman–Crippen MR) is 73.4 cm³/mol. The van der Waals surface area contributed by atoms with Crippen molar-refractivity contribution >= 4 is 18.3 Å². The first-order valence-corrected chi connectivity index (χ1v) is 6.25. The van der Waals surface area contributed by atoms with Gasteiger partial charge in [0.05, 0.1) is 0 Å². The minimum Gasteiger partial charge on any atom is -0.343 e. The Bertz CT molecular complexity index is 228. The molecule has 1 fully saturated rings. The highest BCUT2D eigenvalue weighted by atomic mass is 35.5. The molecule has 0 atom stereocenters. The molecule has 1 amide bonds. The van der Waals surface area contributed by atoms with Crippen LogP contribution in [0.15, 0.2) is 0 Å². The lowest BCUT2D eigenvalue weighted by atomic mass is 9.95. The molecule has 1 rings (SSSR count). The molecule has 0 saturated carbocycles. The Labute approximate surface area is 111 Å². The highest BCUT2D eigenvalue weighted by Gasteiger charge is 2.27. The number of carbonyl (C=O) groups excluding carboxylic acids is 1. The highest BCUT2D eigenvalue weighted by molar-refractivity contribution is 5.85. The molecule has 2 N–H and O–H groups in total. The summed E-state index contributed by atoms with van der Waals surface area (Å²) in [6.07, 6.45) is 1.96. The molecule has 0 spiro atoms. The Hall–Kier alpha value is -0.320. The molecule has 0 aromatic heterocycles.